The number of carbonyl (C=O) groups excluding carboxylic acids is 2. The molecule has 2 heterocycles. The molecule has 3 rings (SSSR count). The number of rotatable bonds is 7. The highest BCUT2D eigenvalue weighted by Crippen LogP contribution is 2.21. The Bertz CT molecular complexity index is 819. The van der Waals surface area contributed by atoms with Crippen molar-refractivity contribution in [2.24, 2.45) is 0 Å². The number of carbonyl (C=O) groups is 2. The Morgan fingerprint density at radius 1 is 1.11 bits per heavy atom. The van der Waals surface area contributed by atoms with Crippen molar-refractivity contribution in [1.82, 2.24) is 19.4 Å². The third-order valence-corrected chi connectivity index (χ3v) is 6.97. The Hall–Kier alpha value is -2.17. The van der Waals surface area contributed by atoms with Gasteiger partial charge in [0.1, 0.15) is 11.8 Å². The molecule has 0 spiro atoms. The summed E-state index contributed by atoms with van der Waals surface area (Å²) < 4.78 is 32.1. The van der Waals surface area contributed by atoms with Crippen molar-refractivity contribution in [3.63, 3.8) is 0 Å². The predicted molar refractivity (Wildman–Crippen MR) is 102 cm³/mol. The second-order valence-corrected chi connectivity index (χ2v) is 8.83. The van der Waals surface area contributed by atoms with Crippen LogP contribution in [-0.4, -0.2) is 80.5 Å². The molecule has 0 aromatic heterocycles. The fourth-order valence-electron chi connectivity index (χ4n) is 3.40. The lowest BCUT2D eigenvalue weighted by atomic mass is 10.2. The monoisotopic (exact) mass is 410 g/mol. The number of ether oxygens (including phenoxy) is 1. The maximum absolute atomic E-state index is 12.8. The lowest BCUT2D eigenvalue weighted by Gasteiger charge is -2.35. The van der Waals surface area contributed by atoms with Crippen LogP contribution in [0, 0.1) is 0 Å². The quantitative estimate of drug-likeness (QED) is 0.664. The van der Waals surface area contributed by atoms with E-state index < -0.39 is 16.1 Å². The van der Waals surface area contributed by atoms with Gasteiger partial charge in [-0.3, -0.25) is 9.69 Å². The van der Waals surface area contributed by atoms with E-state index in [9.17, 15) is 18.0 Å². The van der Waals surface area contributed by atoms with Crippen molar-refractivity contribution >= 4 is 22.0 Å². The molecule has 28 heavy (non-hydrogen) atoms. The summed E-state index contributed by atoms with van der Waals surface area (Å²) in [6, 6.07) is 5.47. The summed E-state index contributed by atoms with van der Waals surface area (Å²) in [6.07, 6.45) is 1.43. The van der Waals surface area contributed by atoms with E-state index in [0.29, 0.717) is 38.3 Å². The van der Waals surface area contributed by atoms with Gasteiger partial charge < -0.3 is 10.1 Å². The minimum absolute atomic E-state index is 0.182. The van der Waals surface area contributed by atoms with Crippen LogP contribution in [0.1, 0.15) is 19.8 Å². The summed E-state index contributed by atoms with van der Waals surface area (Å²) in [7, 11) is -2.06. The van der Waals surface area contributed by atoms with Gasteiger partial charge in [0, 0.05) is 26.2 Å². The topological polar surface area (TPSA) is 99.3 Å². The molecule has 2 saturated heterocycles. The molecule has 154 valence electrons. The molecule has 1 N–H and O–H groups in total. The van der Waals surface area contributed by atoms with Gasteiger partial charge >= 0.3 is 6.03 Å². The molecule has 0 bridgehead atoms. The number of hydrogen-bond donors (Lipinski definition) is 1. The van der Waals surface area contributed by atoms with Crippen molar-refractivity contribution in [1.29, 1.82) is 0 Å². The summed E-state index contributed by atoms with van der Waals surface area (Å²) in [4.78, 5) is 27.8. The Morgan fingerprint density at radius 3 is 2.32 bits per heavy atom. The average Bonchev–Trinajstić information content (AvgIpc) is 2.96. The Morgan fingerprint density at radius 2 is 1.75 bits per heavy atom. The number of imide groups is 1. The molecule has 3 amide bonds. The minimum Gasteiger partial charge on any atom is -0.497 e. The fourth-order valence-corrected chi connectivity index (χ4v) is 4.83. The third-order valence-electron chi connectivity index (χ3n) is 5.05. The number of benzene rings is 1. The van der Waals surface area contributed by atoms with E-state index in [1.807, 2.05) is 11.8 Å². The lowest BCUT2D eigenvalue weighted by molar-refractivity contribution is -0.129. The van der Waals surface area contributed by atoms with Crippen LogP contribution in [0.2, 0.25) is 0 Å². The fraction of sp³-hybridized carbons (Fsp3) is 0.556. The highest BCUT2D eigenvalue weighted by molar-refractivity contribution is 7.89. The van der Waals surface area contributed by atoms with Crippen LogP contribution in [-0.2, 0) is 14.8 Å². The summed E-state index contributed by atoms with van der Waals surface area (Å²) in [6.45, 7) is 3.65. The van der Waals surface area contributed by atoms with Gasteiger partial charge in [-0.25, -0.2) is 18.1 Å². The maximum atomic E-state index is 12.8. The molecule has 0 saturated carbocycles. The molecule has 10 heteroatoms. The van der Waals surface area contributed by atoms with E-state index in [-0.39, 0.29) is 23.5 Å². The first-order valence-electron chi connectivity index (χ1n) is 9.35. The molecule has 1 aromatic carbocycles. The molecule has 0 radical (unpaired) electrons. The molecule has 2 aliphatic heterocycles. The normalized spacial score (nSPS) is 21.8. The molecule has 1 atom stereocenters. The van der Waals surface area contributed by atoms with Crippen LogP contribution < -0.4 is 10.1 Å². The number of sulfonamides is 1. The summed E-state index contributed by atoms with van der Waals surface area (Å²) in [5.74, 6) is 0.388. The zero-order chi connectivity index (χ0) is 20.3. The van der Waals surface area contributed by atoms with Gasteiger partial charge in [0.25, 0.3) is 5.91 Å². The van der Waals surface area contributed by atoms with Crippen molar-refractivity contribution in [3.05, 3.63) is 24.3 Å². The molecule has 9 nitrogen and oxygen atoms in total. The third kappa shape index (κ3) is 4.13. The van der Waals surface area contributed by atoms with E-state index in [0.717, 1.165) is 6.42 Å². The van der Waals surface area contributed by atoms with Gasteiger partial charge in [-0.05, 0) is 30.7 Å². The SMILES string of the molecule is CCC[C@H]1NC(=O)N(CN2CCN(S(=O)(=O)c3ccc(OC)cc3)CC2)C1=O. The highest BCUT2D eigenvalue weighted by Gasteiger charge is 2.39. The second kappa shape index (κ2) is 8.46. The molecule has 1 aromatic rings. The summed E-state index contributed by atoms with van der Waals surface area (Å²) >= 11 is 0. The van der Waals surface area contributed by atoms with Crippen molar-refractivity contribution in [3.8, 4) is 5.75 Å². The molecular weight excluding hydrogens is 384 g/mol. The number of hydrogen-bond acceptors (Lipinski definition) is 6. The first-order valence-corrected chi connectivity index (χ1v) is 10.8. The minimum atomic E-state index is -3.58. The first-order chi connectivity index (χ1) is 13.4. The molecule has 2 fully saturated rings. The standard InChI is InChI=1S/C18H26N4O5S/c1-3-4-16-17(23)22(18(24)19-16)13-20-9-11-21(12-10-20)28(25,26)15-7-5-14(27-2)6-8-15/h5-8,16H,3-4,9-13H2,1-2H3,(H,19,24)/t16-/m1/s1. The lowest BCUT2D eigenvalue weighted by Crippen LogP contribution is -2.52. The highest BCUT2D eigenvalue weighted by atomic mass is 32.2. The Balaban J connectivity index is 1.58. The number of amides is 3. The van der Waals surface area contributed by atoms with Gasteiger partial charge in [0.2, 0.25) is 10.0 Å². The number of urea groups is 1. The summed E-state index contributed by atoms with van der Waals surface area (Å²) in [5, 5.41) is 2.70. The Kier molecular flexibility index (Phi) is 6.21. The average molecular weight is 410 g/mol. The van der Waals surface area contributed by atoms with Crippen LogP contribution in [0.15, 0.2) is 29.2 Å². The van der Waals surface area contributed by atoms with Gasteiger partial charge in [-0.2, -0.15) is 4.31 Å². The maximum Gasteiger partial charge on any atom is 0.325 e. The molecule has 0 unspecified atom stereocenters. The van der Waals surface area contributed by atoms with Crippen LogP contribution in [0.4, 0.5) is 4.79 Å². The van der Waals surface area contributed by atoms with Crippen molar-refractivity contribution < 1.29 is 22.7 Å². The molecular formula is C18H26N4O5S. The number of methoxy groups -OCH3 is 1. The van der Waals surface area contributed by atoms with E-state index in [2.05, 4.69) is 5.32 Å². The van der Waals surface area contributed by atoms with Crippen LogP contribution in [0.25, 0.3) is 0 Å². The number of piperazine rings is 1. The molecule has 2 aliphatic rings. The van der Waals surface area contributed by atoms with Crippen molar-refractivity contribution in [2.45, 2.75) is 30.7 Å². The molecule has 0 aliphatic carbocycles. The van der Waals surface area contributed by atoms with Gasteiger partial charge in [-0.1, -0.05) is 13.3 Å². The van der Waals surface area contributed by atoms with Crippen LogP contribution in [0.3, 0.4) is 0 Å². The predicted octanol–water partition coefficient (Wildman–Crippen LogP) is 0.680. The van der Waals surface area contributed by atoms with Gasteiger partial charge in [-0.15, -0.1) is 0 Å². The summed E-state index contributed by atoms with van der Waals surface area (Å²) in [5.41, 5.74) is 0. The first kappa shape index (κ1) is 20.6. The van der Waals surface area contributed by atoms with E-state index >= 15 is 0 Å². The Labute approximate surface area is 165 Å². The zero-order valence-electron chi connectivity index (χ0n) is 16.1. The second-order valence-electron chi connectivity index (χ2n) is 6.90. The number of nitrogens with zero attached hydrogens (tertiary/aromatic N) is 3. The zero-order valence-corrected chi connectivity index (χ0v) is 16.9. The van der Waals surface area contributed by atoms with Crippen molar-refractivity contribution in [2.75, 3.05) is 40.0 Å². The largest absolute Gasteiger partial charge is 0.497 e. The van der Waals surface area contributed by atoms with Crippen LogP contribution >= 0.6 is 0 Å². The van der Waals surface area contributed by atoms with E-state index in [4.69, 9.17) is 4.74 Å². The smallest absolute Gasteiger partial charge is 0.325 e. The van der Waals surface area contributed by atoms with Gasteiger partial charge in [0.05, 0.1) is 18.7 Å². The van der Waals surface area contributed by atoms with E-state index in [1.54, 1.807) is 12.1 Å². The number of nitrogens with one attached hydrogen (secondary N) is 1. The van der Waals surface area contributed by atoms with Crippen LogP contribution in [0.5, 0.6) is 5.75 Å². The van der Waals surface area contributed by atoms with Gasteiger partial charge in [0.15, 0.2) is 0 Å². The van der Waals surface area contributed by atoms with E-state index in [1.165, 1.54) is 28.4 Å².